The van der Waals surface area contributed by atoms with Crippen LogP contribution in [0, 0.1) is 12.7 Å². The second-order valence-corrected chi connectivity index (χ2v) is 7.09. The number of nitrogens with one attached hydrogen (secondary N) is 1. The molecule has 2 N–H and O–H groups in total. The highest BCUT2D eigenvalue weighted by molar-refractivity contribution is 7.89. The number of benzene rings is 1. The van der Waals surface area contributed by atoms with Crippen molar-refractivity contribution < 1.29 is 22.7 Å². The molecular weight excluding hydrogens is 337 g/mol. The van der Waals surface area contributed by atoms with Gasteiger partial charge in [0.2, 0.25) is 10.0 Å². The summed E-state index contributed by atoms with van der Waals surface area (Å²) in [5.41, 5.74) is 0.932. The van der Waals surface area contributed by atoms with E-state index in [1.807, 2.05) is 0 Å². The molecule has 0 fully saturated rings. The highest BCUT2D eigenvalue weighted by atomic mass is 32.2. The standard InChI is InChI=1S/C15H18FN3O4S/c1-3-4-13(15(20)21)18-24(22,23)11-5-6-14(12(16)7-11)19-9-10(2)8-17-19/h5-9,13,18H,3-4H2,1-2H3,(H,20,21). The molecule has 2 aromatic rings. The first-order valence-electron chi connectivity index (χ1n) is 7.31. The highest BCUT2D eigenvalue weighted by Crippen LogP contribution is 2.19. The van der Waals surface area contributed by atoms with Gasteiger partial charge in [-0.25, -0.2) is 17.5 Å². The molecule has 1 heterocycles. The minimum atomic E-state index is -4.14. The molecule has 0 spiro atoms. The molecule has 2 rings (SSSR count). The Hall–Kier alpha value is -2.26. The van der Waals surface area contributed by atoms with Crippen molar-refractivity contribution in [3.05, 3.63) is 42.0 Å². The first kappa shape index (κ1) is 18.1. The fourth-order valence-electron chi connectivity index (χ4n) is 2.16. The van der Waals surface area contributed by atoms with Gasteiger partial charge in [0.1, 0.15) is 17.5 Å². The number of aliphatic carboxylic acids is 1. The molecule has 24 heavy (non-hydrogen) atoms. The van der Waals surface area contributed by atoms with Crippen molar-refractivity contribution in [3.63, 3.8) is 0 Å². The molecule has 7 nitrogen and oxygen atoms in total. The average molecular weight is 355 g/mol. The van der Waals surface area contributed by atoms with Crippen LogP contribution in [-0.2, 0) is 14.8 Å². The molecule has 0 aliphatic rings. The Kier molecular flexibility index (Phi) is 5.35. The quantitative estimate of drug-likeness (QED) is 0.789. The van der Waals surface area contributed by atoms with Crippen LogP contribution >= 0.6 is 0 Å². The minimum absolute atomic E-state index is 0.102. The van der Waals surface area contributed by atoms with Crippen LogP contribution in [0.15, 0.2) is 35.5 Å². The number of hydrogen-bond donors (Lipinski definition) is 2. The minimum Gasteiger partial charge on any atom is -0.480 e. The van der Waals surface area contributed by atoms with E-state index in [1.165, 1.54) is 16.8 Å². The first-order chi connectivity index (χ1) is 11.2. The number of rotatable bonds is 7. The lowest BCUT2D eigenvalue weighted by Gasteiger charge is -2.14. The molecule has 1 atom stereocenters. The van der Waals surface area contributed by atoms with E-state index in [1.54, 1.807) is 26.2 Å². The molecule has 0 aliphatic carbocycles. The summed E-state index contributed by atoms with van der Waals surface area (Å²) in [6.45, 7) is 3.54. The molecule has 0 aliphatic heterocycles. The number of carboxylic acids is 1. The molecule has 0 saturated carbocycles. The summed E-state index contributed by atoms with van der Waals surface area (Å²) < 4.78 is 42.2. The monoisotopic (exact) mass is 355 g/mol. The highest BCUT2D eigenvalue weighted by Gasteiger charge is 2.25. The van der Waals surface area contributed by atoms with Crippen LogP contribution in [0.1, 0.15) is 25.3 Å². The number of nitrogens with zero attached hydrogens (tertiary/aromatic N) is 2. The largest absolute Gasteiger partial charge is 0.480 e. The van der Waals surface area contributed by atoms with E-state index in [2.05, 4.69) is 9.82 Å². The van der Waals surface area contributed by atoms with Gasteiger partial charge in [0.25, 0.3) is 0 Å². The Morgan fingerprint density at radius 3 is 2.67 bits per heavy atom. The summed E-state index contributed by atoms with van der Waals surface area (Å²) in [5.74, 6) is -2.05. The Morgan fingerprint density at radius 2 is 2.17 bits per heavy atom. The number of hydrogen-bond acceptors (Lipinski definition) is 4. The van der Waals surface area contributed by atoms with Crippen molar-refractivity contribution >= 4 is 16.0 Å². The van der Waals surface area contributed by atoms with Crippen LogP contribution in [0.3, 0.4) is 0 Å². The Balaban J connectivity index is 2.31. The van der Waals surface area contributed by atoms with E-state index < -0.39 is 27.9 Å². The van der Waals surface area contributed by atoms with Gasteiger partial charge >= 0.3 is 5.97 Å². The van der Waals surface area contributed by atoms with Gasteiger partial charge in [-0.3, -0.25) is 4.79 Å². The van der Waals surface area contributed by atoms with Crippen molar-refractivity contribution in [2.75, 3.05) is 0 Å². The number of aromatic nitrogens is 2. The maximum Gasteiger partial charge on any atom is 0.321 e. The van der Waals surface area contributed by atoms with Crippen LogP contribution in [0.5, 0.6) is 0 Å². The van der Waals surface area contributed by atoms with Crippen molar-refractivity contribution in [2.45, 2.75) is 37.6 Å². The fourth-order valence-corrected chi connectivity index (χ4v) is 3.40. The molecule has 0 radical (unpaired) electrons. The van der Waals surface area contributed by atoms with E-state index in [9.17, 15) is 17.6 Å². The Bertz CT molecular complexity index is 848. The van der Waals surface area contributed by atoms with Crippen LogP contribution in [0.25, 0.3) is 5.69 Å². The second kappa shape index (κ2) is 7.10. The molecular formula is C15H18FN3O4S. The van der Waals surface area contributed by atoms with Gasteiger partial charge in [-0.1, -0.05) is 13.3 Å². The smallest absolute Gasteiger partial charge is 0.321 e. The van der Waals surface area contributed by atoms with Crippen molar-refractivity contribution in [3.8, 4) is 5.69 Å². The van der Waals surface area contributed by atoms with E-state index in [0.29, 0.717) is 6.42 Å². The van der Waals surface area contributed by atoms with E-state index in [0.717, 1.165) is 11.6 Å². The lowest BCUT2D eigenvalue weighted by atomic mass is 10.2. The van der Waals surface area contributed by atoms with Gasteiger partial charge in [-0.2, -0.15) is 9.82 Å². The molecule has 9 heteroatoms. The van der Waals surface area contributed by atoms with Gasteiger partial charge in [0.15, 0.2) is 0 Å². The summed E-state index contributed by atoms with van der Waals surface area (Å²) in [5, 5.41) is 13.0. The lowest BCUT2D eigenvalue weighted by Crippen LogP contribution is -2.40. The summed E-state index contributed by atoms with van der Waals surface area (Å²) in [7, 11) is -4.14. The van der Waals surface area contributed by atoms with Gasteiger partial charge in [0.05, 0.1) is 11.1 Å². The van der Waals surface area contributed by atoms with Crippen LogP contribution in [-0.4, -0.2) is 35.3 Å². The van der Waals surface area contributed by atoms with Gasteiger partial charge in [-0.05, 0) is 37.1 Å². The molecule has 0 saturated heterocycles. The number of carboxylic acid groups (broad SMARTS) is 1. The molecule has 130 valence electrons. The van der Waals surface area contributed by atoms with Crippen LogP contribution in [0.4, 0.5) is 4.39 Å². The predicted octanol–water partition coefficient (Wildman–Crippen LogP) is 1.85. The zero-order valence-electron chi connectivity index (χ0n) is 13.2. The number of aryl methyl sites for hydroxylation is 1. The zero-order valence-corrected chi connectivity index (χ0v) is 14.0. The zero-order chi connectivity index (χ0) is 17.9. The third kappa shape index (κ3) is 3.98. The third-order valence-electron chi connectivity index (χ3n) is 3.36. The summed E-state index contributed by atoms with van der Waals surface area (Å²) in [4.78, 5) is 10.8. The maximum absolute atomic E-state index is 14.3. The Labute approximate surface area is 139 Å². The summed E-state index contributed by atoms with van der Waals surface area (Å²) in [6, 6.07) is 2.09. The molecule has 0 amide bonds. The van der Waals surface area contributed by atoms with Crippen LogP contribution < -0.4 is 4.72 Å². The van der Waals surface area contributed by atoms with Crippen molar-refractivity contribution in [1.29, 1.82) is 0 Å². The molecule has 1 aromatic carbocycles. The van der Waals surface area contributed by atoms with Crippen LogP contribution in [0.2, 0.25) is 0 Å². The molecule has 0 bridgehead atoms. The van der Waals surface area contributed by atoms with Crippen molar-refractivity contribution in [1.82, 2.24) is 14.5 Å². The first-order valence-corrected chi connectivity index (χ1v) is 8.79. The number of halogens is 1. The second-order valence-electron chi connectivity index (χ2n) is 5.38. The topological polar surface area (TPSA) is 101 Å². The predicted molar refractivity (Wildman–Crippen MR) is 84.9 cm³/mol. The lowest BCUT2D eigenvalue weighted by molar-refractivity contribution is -0.139. The maximum atomic E-state index is 14.3. The summed E-state index contributed by atoms with van der Waals surface area (Å²) >= 11 is 0. The van der Waals surface area contributed by atoms with Gasteiger partial charge in [-0.15, -0.1) is 0 Å². The van der Waals surface area contributed by atoms with Gasteiger partial charge < -0.3 is 5.11 Å². The third-order valence-corrected chi connectivity index (χ3v) is 4.83. The SMILES string of the molecule is CCCC(NS(=O)(=O)c1ccc(-n2cc(C)cn2)c(F)c1)C(=O)O. The number of carbonyl (C=O) groups is 1. The molecule has 1 aromatic heterocycles. The summed E-state index contributed by atoms with van der Waals surface area (Å²) in [6.07, 6.45) is 3.79. The fraction of sp³-hybridized carbons (Fsp3) is 0.333. The molecule has 1 unspecified atom stereocenters. The number of sulfonamides is 1. The van der Waals surface area contributed by atoms with E-state index in [4.69, 9.17) is 5.11 Å². The average Bonchev–Trinajstić information content (AvgIpc) is 2.92. The van der Waals surface area contributed by atoms with E-state index >= 15 is 0 Å². The normalized spacial score (nSPS) is 13.0. The van der Waals surface area contributed by atoms with Gasteiger partial charge in [0, 0.05) is 6.20 Å². The van der Waals surface area contributed by atoms with Crippen molar-refractivity contribution in [2.24, 2.45) is 0 Å². The Morgan fingerprint density at radius 1 is 1.46 bits per heavy atom. The van der Waals surface area contributed by atoms with E-state index in [-0.39, 0.29) is 17.0 Å².